The lowest BCUT2D eigenvalue weighted by molar-refractivity contribution is 0.0970. The second-order valence-corrected chi connectivity index (χ2v) is 8.01. The van der Waals surface area contributed by atoms with E-state index in [9.17, 15) is 9.59 Å². The molecule has 3 aromatic rings. The highest BCUT2D eigenvalue weighted by Gasteiger charge is 2.25. The van der Waals surface area contributed by atoms with E-state index in [1.54, 1.807) is 18.2 Å². The van der Waals surface area contributed by atoms with E-state index in [0.29, 0.717) is 16.5 Å². The molecule has 0 radical (unpaired) electrons. The molecule has 1 aromatic carbocycles. The van der Waals surface area contributed by atoms with Gasteiger partial charge in [0.2, 0.25) is 5.95 Å². The summed E-state index contributed by atoms with van der Waals surface area (Å²) in [6, 6.07) is 5.17. The number of H-pyrrole nitrogens is 1. The van der Waals surface area contributed by atoms with E-state index in [2.05, 4.69) is 25.6 Å². The van der Waals surface area contributed by atoms with Gasteiger partial charge in [0.05, 0.1) is 16.4 Å². The number of rotatable bonds is 6. The van der Waals surface area contributed by atoms with Crippen LogP contribution in [0.5, 0.6) is 5.75 Å². The lowest BCUT2D eigenvalue weighted by Crippen LogP contribution is -2.34. The van der Waals surface area contributed by atoms with Gasteiger partial charge in [-0.3, -0.25) is 19.5 Å². The Morgan fingerprint density at radius 3 is 2.66 bits per heavy atom. The lowest BCUT2D eigenvalue weighted by atomic mass is 10.1. The normalized spacial score (nSPS) is 14.3. The molecule has 1 aliphatic rings. The Bertz CT molecular complexity index is 1140. The largest absolute Gasteiger partial charge is 0.490 e. The Balaban J connectivity index is 1.64. The van der Waals surface area contributed by atoms with Crippen molar-refractivity contribution >= 4 is 29.4 Å². The molecule has 0 spiro atoms. The van der Waals surface area contributed by atoms with Crippen LogP contribution >= 0.6 is 11.6 Å². The molecular formula is C21H24ClN7O3. The number of nitrogens with one attached hydrogen (secondary N) is 3. The number of anilines is 1. The quantitative estimate of drug-likeness (QED) is 0.448. The summed E-state index contributed by atoms with van der Waals surface area (Å²) in [7, 11) is 0. The molecule has 0 unspecified atom stereocenters. The second kappa shape index (κ2) is 9.01. The number of hydrogen-bond acceptors (Lipinski definition) is 6. The van der Waals surface area contributed by atoms with Crippen LogP contribution in [0.4, 0.5) is 5.95 Å². The summed E-state index contributed by atoms with van der Waals surface area (Å²) < 4.78 is 7.45. The maximum atomic E-state index is 13.0. The minimum Gasteiger partial charge on any atom is -0.490 e. The first-order valence-corrected chi connectivity index (χ1v) is 10.6. The zero-order valence-corrected chi connectivity index (χ0v) is 18.5. The first-order chi connectivity index (χ1) is 15.3. The molecule has 10 nitrogen and oxygen atoms in total. The Morgan fingerprint density at radius 1 is 1.28 bits per heavy atom. The highest BCUT2D eigenvalue weighted by atomic mass is 35.5. The highest BCUT2D eigenvalue weighted by Crippen LogP contribution is 2.29. The van der Waals surface area contributed by atoms with Crippen molar-refractivity contribution < 1.29 is 14.3 Å². The van der Waals surface area contributed by atoms with Crippen molar-refractivity contribution in [3.8, 4) is 11.4 Å². The fourth-order valence-electron chi connectivity index (χ4n) is 3.56. The van der Waals surface area contributed by atoms with Crippen LogP contribution in [0.1, 0.15) is 45.2 Å². The Hall–Kier alpha value is -3.37. The van der Waals surface area contributed by atoms with Gasteiger partial charge in [-0.2, -0.15) is 0 Å². The predicted octanol–water partition coefficient (Wildman–Crippen LogP) is 2.35. The number of aromatic amines is 1. The molecule has 2 amide bonds. The molecule has 4 rings (SSSR count). The molecule has 2 aromatic heterocycles. The van der Waals surface area contributed by atoms with E-state index < -0.39 is 11.8 Å². The number of piperidine rings is 1. The molecule has 5 N–H and O–H groups in total. The number of aryl methyl sites for hydroxylation is 2. The highest BCUT2D eigenvalue weighted by molar-refractivity contribution is 6.32. The lowest BCUT2D eigenvalue weighted by Gasteiger charge is -2.24. The number of amides is 2. The average molecular weight is 458 g/mol. The third-order valence-corrected chi connectivity index (χ3v) is 5.65. The zero-order valence-electron chi connectivity index (χ0n) is 17.7. The molecule has 168 valence electrons. The molecule has 1 aliphatic heterocycles. The maximum absolute atomic E-state index is 13.0. The summed E-state index contributed by atoms with van der Waals surface area (Å²) >= 11 is 6.52. The summed E-state index contributed by atoms with van der Waals surface area (Å²) in [6.07, 6.45) is 3.29. The minimum atomic E-state index is -0.831. The smallest absolute Gasteiger partial charge is 0.277 e. The number of imidazole rings is 2. The van der Waals surface area contributed by atoms with E-state index in [1.165, 1.54) is 10.9 Å². The average Bonchev–Trinajstić information content (AvgIpc) is 3.32. The number of halogens is 1. The SMILES string of the molecule is Cc1nc(NC(=O)c2c(C(N)=O)ncn2-c2ccc(OC3CCNCC3)cc2Cl)[nH]c1C. The molecule has 0 aliphatic carbocycles. The Labute approximate surface area is 189 Å². The number of primary amides is 1. The van der Waals surface area contributed by atoms with Crippen molar-refractivity contribution in [2.24, 2.45) is 5.73 Å². The van der Waals surface area contributed by atoms with Crippen LogP contribution < -0.4 is 21.1 Å². The van der Waals surface area contributed by atoms with Gasteiger partial charge in [-0.15, -0.1) is 0 Å². The minimum absolute atomic E-state index is 0.0434. The van der Waals surface area contributed by atoms with Gasteiger partial charge in [0.25, 0.3) is 11.8 Å². The van der Waals surface area contributed by atoms with Crippen molar-refractivity contribution in [2.45, 2.75) is 32.8 Å². The first kappa shape index (κ1) is 21.8. The van der Waals surface area contributed by atoms with Gasteiger partial charge in [0, 0.05) is 11.8 Å². The van der Waals surface area contributed by atoms with Crippen molar-refractivity contribution in [1.29, 1.82) is 0 Å². The van der Waals surface area contributed by atoms with Crippen molar-refractivity contribution in [3.63, 3.8) is 0 Å². The predicted molar refractivity (Wildman–Crippen MR) is 120 cm³/mol. The molecule has 1 fully saturated rings. The van der Waals surface area contributed by atoms with E-state index in [1.807, 2.05) is 13.8 Å². The summed E-state index contributed by atoms with van der Waals surface area (Å²) in [5, 5.41) is 6.28. The first-order valence-electron chi connectivity index (χ1n) is 10.2. The monoisotopic (exact) mass is 457 g/mol. The number of carbonyl (C=O) groups is 2. The van der Waals surface area contributed by atoms with E-state index in [4.69, 9.17) is 22.1 Å². The standard InChI is InChI=1S/C21H24ClN7O3/c1-11-12(2)27-21(26-11)28-20(31)18-17(19(23)30)25-10-29(18)16-4-3-14(9-15(16)22)32-13-5-7-24-8-6-13/h3-4,9-10,13,24H,5-8H2,1-2H3,(H2,23,30)(H2,26,27,28,31). The number of carbonyl (C=O) groups excluding carboxylic acids is 2. The molecule has 0 atom stereocenters. The van der Waals surface area contributed by atoms with Crippen LogP contribution in [0.3, 0.4) is 0 Å². The molecule has 32 heavy (non-hydrogen) atoms. The second-order valence-electron chi connectivity index (χ2n) is 7.61. The van der Waals surface area contributed by atoms with Crippen LogP contribution in [0.25, 0.3) is 5.69 Å². The van der Waals surface area contributed by atoms with Crippen LogP contribution in [0.2, 0.25) is 5.02 Å². The molecular weight excluding hydrogens is 434 g/mol. The number of nitrogens with zero attached hydrogens (tertiary/aromatic N) is 3. The van der Waals surface area contributed by atoms with Gasteiger partial charge in [0.1, 0.15) is 23.9 Å². The summed E-state index contributed by atoms with van der Waals surface area (Å²) in [5.41, 5.74) is 7.26. The van der Waals surface area contributed by atoms with Gasteiger partial charge < -0.3 is 20.8 Å². The van der Waals surface area contributed by atoms with E-state index in [-0.39, 0.29) is 23.4 Å². The van der Waals surface area contributed by atoms with Gasteiger partial charge >= 0.3 is 0 Å². The van der Waals surface area contributed by atoms with Crippen molar-refractivity contribution in [2.75, 3.05) is 18.4 Å². The Morgan fingerprint density at radius 2 is 2.03 bits per heavy atom. The summed E-state index contributed by atoms with van der Waals surface area (Å²) in [6.45, 7) is 5.47. The van der Waals surface area contributed by atoms with Gasteiger partial charge in [0.15, 0.2) is 5.69 Å². The maximum Gasteiger partial charge on any atom is 0.277 e. The number of aromatic nitrogens is 4. The summed E-state index contributed by atoms with van der Waals surface area (Å²) in [4.78, 5) is 36.2. The Kier molecular flexibility index (Phi) is 6.15. The fourth-order valence-corrected chi connectivity index (χ4v) is 3.83. The molecule has 0 saturated carbocycles. The van der Waals surface area contributed by atoms with Gasteiger partial charge in [-0.1, -0.05) is 11.6 Å². The van der Waals surface area contributed by atoms with E-state index in [0.717, 1.165) is 37.3 Å². The molecule has 11 heteroatoms. The van der Waals surface area contributed by atoms with Crippen LogP contribution in [-0.4, -0.2) is 50.5 Å². The van der Waals surface area contributed by atoms with Crippen LogP contribution in [0.15, 0.2) is 24.5 Å². The number of nitrogens with two attached hydrogens (primary N) is 1. The molecule has 3 heterocycles. The number of hydrogen-bond donors (Lipinski definition) is 4. The van der Waals surface area contributed by atoms with Gasteiger partial charge in [-0.25, -0.2) is 9.97 Å². The topological polar surface area (TPSA) is 140 Å². The van der Waals surface area contributed by atoms with Crippen LogP contribution in [0, 0.1) is 13.8 Å². The van der Waals surface area contributed by atoms with Gasteiger partial charge in [-0.05, 0) is 51.9 Å². The third kappa shape index (κ3) is 4.46. The third-order valence-electron chi connectivity index (χ3n) is 5.34. The van der Waals surface area contributed by atoms with Crippen LogP contribution in [-0.2, 0) is 0 Å². The summed E-state index contributed by atoms with van der Waals surface area (Å²) in [5.74, 6) is -0.544. The van der Waals surface area contributed by atoms with Crippen molar-refractivity contribution in [1.82, 2.24) is 24.8 Å². The number of benzene rings is 1. The zero-order chi connectivity index (χ0) is 22.8. The fraction of sp³-hybridized carbons (Fsp3) is 0.333. The van der Waals surface area contributed by atoms with E-state index >= 15 is 0 Å². The van der Waals surface area contributed by atoms with Crippen molar-refractivity contribution in [3.05, 3.63) is 52.3 Å². The molecule has 0 bridgehead atoms. The number of ether oxygens (including phenoxy) is 1. The molecule has 1 saturated heterocycles.